The summed E-state index contributed by atoms with van der Waals surface area (Å²) in [4.78, 5) is 11.0. The molecule has 0 saturated carbocycles. The molecule has 0 radical (unpaired) electrons. The van der Waals surface area contributed by atoms with Crippen molar-refractivity contribution in [2.75, 3.05) is 0 Å². The van der Waals surface area contributed by atoms with Crippen molar-refractivity contribution in [2.24, 2.45) is 0 Å². The molecule has 0 heterocycles. The Morgan fingerprint density at radius 3 is 2.00 bits per heavy atom. The van der Waals surface area contributed by atoms with Crippen molar-refractivity contribution in [3.8, 4) is 0 Å². The molecule has 1 atom stereocenters. The van der Waals surface area contributed by atoms with Crippen LogP contribution in [0.25, 0.3) is 0 Å². The third-order valence-corrected chi connectivity index (χ3v) is 4.98. The lowest BCUT2D eigenvalue weighted by Gasteiger charge is -2.15. The Kier molecular flexibility index (Phi) is 5.14. The van der Waals surface area contributed by atoms with Crippen LogP contribution in [-0.4, -0.2) is 33.7 Å². The van der Waals surface area contributed by atoms with Crippen LogP contribution in [0.1, 0.15) is 13.8 Å². The smallest absolute Gasteiger partial charge is 0.441 e. The maximum Gasteiger partial charge on any atom is 0.512 e. The van der Waals surface area contributed by atoms with E-state index in [0.29, 0.717) is 11.1 Å². The summed E-state index contributed by atoms with van der Waals surface area (Å²) in [7, 11) is -11.2. The number of alkyl halides is 3. The minimum Gasteiger partial charge on any atom is -0.441 e. The SMILES string of the molecule is C=C(C)C(=O)OC(C)S(=O)(=O)NS(=O)(=O)C(F)(F)F. The van der Waals surface area contributed by atoms with Crippen molar-refractivity contribution in [3.05, 3.63) is 12.2 Å². The molecular formula is C7H10F3NO6S2. The van der Waals surface area contributed by atoms with Gasteiger partial charge in [0, 0.05) is 5.57 Å². The maximum absolute atomic E-state index is 12.0. The molecular weight excluding hydrogens is 315 g/mol. The van der Waals surface area contributed by atoms with Gasteiger partial charge in [0.05, 0.1) is 0 Å². The molecule has 0 saturated heterocycles. The second-order valence-electron chi connectivity index (χ2n) is 3.33. The number of rotatable bonds is 5. The van der Waals surface area contributed by atoms with Gasteiger partial charge in [-0.1, -0.05) is 10.7 Å². The van der Waals surface area contributed by atoms with Crippen LogP contribution < -0.4 is 4.13 Å². The van der Waals surface area contributed by atoms with Crippen LogP contribution in [0, 0.1) is 0 Å². The summed E-state index contributed by atoms with van der Waals surface area (Å²) in [5, 5.41) is 0. The van der Waals surface area contributed by atoms with Gasteiger partial charge in [0.1, 0.15) is 0 Å². The fraction of sp³-hybridized carbons (Fsp3) is 0.571. The molecule has 1 N–H and O–H groups in total. The van der Waals surface area contributed by atoms with Gasteiger partial charge < -0.3 is 4.74 Å². The Morgan fingerprint density at radius 1 is 1.26 bits per heavy atom. The van der Waals surface area contributed by atoms with Crippen LogP contribution in [0.3, 0.4) is 0 Å². The van der Waals surface area contributed by atoms with Crippen LogP contribution in [0.4, 0.5) is 13.2 Å². The number of hydrogen-bond acceptors (Lipinski definition) is 6. The highest BCUT2D eigenvalue weighted by Crippen LogP contribution is 2.22. The molecule has 0 aromatic carbocycles. The first-order valence-corrected chi connectivity index (χ1v) is 7.44. The Labute approximate surface area is 107 Å². The number of esters is 1. The maximum atomic E-state index is 12.0. The predicted molar refractivity (Wildman–Crippen MR) is 57.4 cm³/mol. The van der Waals surface area contributed by atoms with Crippen molar-refractivity contribution in [3.63, 3.8) is 0 Å². The van der Waals surface area contributed by atoms with Gasteiger partial charge in [0.15, 0.2) is 0 Å². The van der Waals surface area contributed by atoms with Crippen LogP contribution in [0.15, 0.2) is 12.2 Å². The average Bonchev–Trinajstić information content (AvgIpc) is 2.13. The van der Waals surface area contributed by atoms with Gasteiger partial charge in [-0.2, -0.15) is 13.2 Å². The molecule has 12 heteroatoms. The van der Waals surface area contributed by atoms with E-state index < -0.39 is 37.0 Å². The Bertz CT molecular complexity index is 576. The first-order chi connectivity index (χ1) is 8.21. The van der Waals surface area contributed by atoms with E-state index in [9.17, 15) is 34.8 Å². The predicted octanol–water partition coefficient (Wildman–Crippen LogP) is 0.221. The summed E-state index contributed by atoms with van der Waals surface area (Å²) in [5.41, 5.74) is -8.16. The first kappa shape index (κ1) is 17.9. The van der Waals surface area contributed by atoms with E-state index in [4.69, 9.17) is 0 Å². The zero-order valence-corrected chi connectivity index (χ0v) is 11.3. The number of hydrogen-bond donors (Lipinski definition) is 1. The molecule has 0 aliphatic rings. The number of ether oxygens (including phenoxy) is 1. The standard InChI is InChI=1S/C7H10F3NO6S2/c1-4(2)6(12)17-5(3)18(13,14)11-19(15,16)7(8,9)10/h5,11H,1H2,2-3H3. The van der Waals surface area contributed by atoms with Crippen LogP contribution in [0.5, 0.6) is 0 Å². The second-order valence-corrected chi connectivity index (χ2v) is 7.22. The van der Waals surface area contributed by atoms with Crippen molar-refractivity contribution < 1.29 is 39.5 Å². The summed E-state index contributed by atoms with van der Waals surface area (Å²) in [6, 6.07) is 0. The molecule has 7 nitrogen and oxygen atoms in total. The molecule has 0 amide bonds. The molecule has 19 heavy (non-hydrogen) atoms. The molecule has 0 fully saturated rings. The number of carbonyl (C=O) groups is 1. The van der Waals surface area contributed by atoms with Gasteiger partial charge in [0.2, 0.25) is 5.44 Å². The van der Waals surface area contributed by atoms with Gasteiger partial charge >= 0.3 is 21.5 Å². The first-order valence-electron chi connectivity index (χ1n) is 4.41. The summed E-state index contributed by atoms with van der Waals surface area (Å²) in [6.07, 6.45) is 0. The monoisotopic (exact) mass is 325 g/mol. The highest BCUT2D eigenvalue weighted by atomic mass is 32.3. The minimum absolute atomic E-state index is 0.208. The lowest BCUT2D eigenvalue weighted by atomic mass is 10.4. The minimum atomic E-state index is -6.11. The van der Waals surface area contributed by atoms with Crippen molar-refractivity contribution in [2.45, 2.75) is 24.8 Å². The highest BCUT2D eigenvalue weighted by Gasteiger charge is 2.49. The highest BCUT2D eigenvalue weighted by molar-refractivity contribution is 8.05. The fourth-order valence-electron chi connectivity index (χ4n) is 0.583. The van der Waals surface area contributed by atoms with E-state index >= 15 is 0 Å². The van der Waals surface area contributed by atoms with Crippen LogP contribution in [0.2, 0.25) is 0 Å². The van der Waals surface area contributed by atoms with E-state index in [2.05, 4.69) is 11.3 Å². The van der Waals surface area contributed by atoms with Crippen LogP contribution in [-0.2, 0) is 29.6 Å². The summed E-state index contributed by atoms with van der Waals surface area (Å²) in [5.74, 6) is -1.19. The summed E-state index contributed by atoms with van der Waals surface area (Å²) >= 11 is 0. The van der Waals surface area contributed by atoms with Crippen LogP contribution >= 0.6 is 0 Å². The van der Waals surface area contributed by atoms with E-state index in [-0.39, 0.29) is 5.57 Å². The third-order valence-electron chi connectivity index (χ3n) is 1.59. The Balaban J connectivity index is 5.13. The normalized spacial score (nSPS) is 14.8. The second kappa shape index (κ2) is 5.46. The van der Waals surface area contributed by atoms with Gasteiger partial charge in [-0.25, -0.2) is 21.6 Å². The average molecular weight is 325 g/mol. The molecule has 112 valence electrons. The van der Waals surface area contributed by atoms with Crippen molar-refractivity contribution >= 4 is 26.0 Å². The van der Waals surface area contributed by atoms with Gasteiger partial charge in [-0.3, -0.25) is 0 Å². The number of nitrogens with one attached hydrogen (secondary N) is 1. The zero-order chi connectivity index (χ0) is 15.6. The quantitative estimate of drug-likeness (QED) is 0.572. The molecule has 0 aliphatic carbocycles. The molecule has 0 aliphatic heterocycles. The lowest BCUT2D eigenvalue weighted by Crippen LogP contribution is -2.44. The van der Waals surface area contributed by atoms with Gasteiger partial charge in [0.25, 0.3) is 10.0 Å². The van der Waals surface area contributed by atoms with Gasteiger partial charge in [-0.05, 0) is 13.8 Å². The van der Waals surface area contributed by atoms with Gasteiger partial charge in [-0.15, -0.1) is 0 Å². The van der Waals surface area contributed by atoms with E-state index in [1.165, 1.54) is 6.92 Å². The fourth-order valence-corrected chi connectivity index (χ4v) is 2.94. The zero-order valence-electron chi connectivity index (χ0n) is 9.68. The number of halogens is 3. The largest absolute Gasteiger partial charge is 0.512 e. The molecule has 0 spiro atoms. The number of carbonyl (C=O) groups excluding carboxylic acids is 1. The topological polar surface area (TPSA) is 107 Å². The summed E-state index contributed by atoms with van der Waals surface area (Å²) < 4.78 is 84.3. The van der Waals surface area contributed by atoms with E-state index in [0.717, 1.165) is 0 Å². The third kappa shape index (κ3) is 4.80. The molecule has 0 bridgehead atoms. The molecule has 0 aromatic heterocycles. The molecule has 1 unspecified atom stereocenters. The van der Waals surface area contributed by atoms with Crippen molar-refractivity contribution in [1.82, 2.24) is 4.13 Å². The summed E-state index contributed by atoms with van der Waals surface area (Å²) in [6.45, 7) is 4.97. The van der Waals surface area contributed by atoms with Crippen molar-refractivity contribution in [1.29, 1.82) is 0 Å². The molecule has 0 rings (SSSR count). The number of sulfonamides is 2. The lowest BCUT2D eigenvalue weighted by molar-refractivity contribution is -0.140. The Morgan fingerprint density at radius 2 is 1.68 bits per heavy atom. The van der Waals surface area contributed by atoms with E-state index in [1.807, 2.05) is 0 Å². The Hall–Kier alpha value is -1.14. The molecule has 0 aromatic rings. The van der Waals surface area contributed by atoms with E-state index in [1.54, 1.807) is 0 Å².